The third-order valence-electron chi connectivity index (χ3n) is 3.37. The van der Waals surface area contributed by atoms with Gasteiger partial charge >= 0.3 is 0 Å². The Labute approximate surface area is 105 Å². The van der Waals surface area contributed by atoms with Crippen LogP contribution >= 0.6 is 0 Å². The molecule has 17 heavy (non-hydrogen) atoms. The van der Waals surface area contributed by atoms with Crippen LogP contribution in [-0.2, 0) is 6.54 Å². The van der Waals surface area contributed by atoms with E-state index in [9.17, 15) is 5.11 Å². The van der Waals surface area contributed by atoms with E-state index in [1.807, 2.05) is 6.92 Å². The minimum atomic E-state index is -0.626. The molecular formula is C15H25NO. The van der Waals surface area contributed by atoms with E-state index in [2.05, 4.69) is 57.0 Å². The minimum Gasteiger partial charge on any atom is -0.389 e. The Kier molecular flexibility index (Phi) is 4.72. The number of hydrogen-bond donors (Lipinski definition) is 1. The van der Waals surface area contributed by atoms with E-state index in [0.29, 0.717) is 6.54 Å². The van der Waals surface area contributed by atoms with E-state index in [4.69, 9.17) is 0 Å². The van der Waals surface area contributed by atoms with Crippen molar-refractivity contribution in [2.75, 3.05) is 13.6 Å². The lowest BCUT2D eigenvalue weighted by molar-refractivity contribution is -0.0146. The highest BCUT2D eigenvalue weighted by molar-refractivity contribution is 5.22. The maximum absolute atomic E-state index is 10.3. The normalized spacial score (nSPS) is 15.3. The first-order valence-corrected chi connectivity index (χ1v) is 6.28. The first-order valence-electron chi connectivity index (χ1n) is 6.28. The van der Waals surface area contributed by atoms with Crippen LogP contribution < -0.4 is 0 Å². The summed E-state index contributed by atoms with van der Waals surface area (Å²) in [6.07, 6.45) is 0. The summed E-state index contributed by atoms with van der Waals surface area (Å²) in [5.74, 6) is 0.266. The molecular weight excluding hydrogens is 210 g/mol. The molecule has 1 N–H and O–H groups in total. The van der Waals surface area contributed by atoms with Crippen LogP contribution in [-0.4, -0.2) is 29.2 Å². The van der Waals surface area contributed by atoms with E-state index >= 15 is 0 Å². The average molecular weight is 235 g/mol. The van der Waals surface area contributed by atoms with Crippen LogP contribution in [0.3, 0.4) is 0 Å². The van der Waals surface area contributed by atoms with Crippen molar-refractivity contribution in [3.8, 4) is 0 Å². The monoisotopic (exact) mass is 235 g/mol. The molecule has 0 aliphatic rings. The Morgan fingerprint density at radius 2 is 2.00 bits per heavy atom. The van der Waals surface area contributed by atoms with E-state index < -0.39 is 5.60 Å². The largest absolute Gasteiger partial charge is 0.389 e. The highest BCUT2D eigenvalue weighted by Gasteiger charge is 2.26. The van der Waals surface area contributed by atoms with Crippen LogP contribution in [0.5, 0.6) is 0 Å². The fourth-order valence-corrected chi connectivity index (χ4v) is 1.91. The predicted octanol–water partition coefficient (Wildman–Crippen LogP) is 2.83. The standard InChI is InChI=1S/C15H25NO/c1-12(2)15(4,17)11-16(5)10-14-8-6-7-13(3)9-14/h6-9,12,17H,10-11H2,1-5H3. The second-order valence-corrected chi connectivity index (χ2v) is 5.67. The topological polar surface area (TPSA) is 23.5 Å². The predicted molar refractivity (Wildman–Crippen MR) is 73.0 cm³/mol. The first-order chi connectivity index (χ1) is 7.81. The number of aryl methyl sites for hydroxylation is 1. The van der Waals surface area contributed by atoms with Gasteiger partial charge in [0.05, 0.1) is 5.60 Å². The van der Waals surface area contributed by atoms with E-state index in [0.717, 1.165) is 6.54 Å². The quantitative estimate of drug-likeness (QED) is 0.848. The molecule has 1 aromatic carbocycles. The third-order valence-corrected chi connectivity index (χ3v) is 3.37. The molecule has 0 heterocycles. The van der Waals surface area contributed by atoms with Gasteiger partial charge in [-0.05, 0) is 32.4 Å². The number of likely N-dealkylation sites (N-methyl/N-ethyl adjacent to an activating group) is 1. The molecule has 1 unspecified atom stereocenters. The Morgan fingerprint density at radius 3 is 2.53 bits per heavy atom. The smallest absolute Gasteiger partial charge is 0.0768 e. The van der Waals surface area contributed by atoms with Crippen molar-refractivity contribution in [1.29, 1.82) is 0 Å². The van der Waals surface area contributed by atoms with Crippen LogP contribution in [0, 0.1) is 12.8 Å². The molecule has 0 saturated carbocycles. The maximum Gasteiger partial charge on any atom is 0.0768 e. The third kappa shape index (κ3) is 4.49. The van der Waals surface area contributed by atoms with Crippen molar-refractivity contribution in [3.63, 3.8) is 0 Å². The van der Waals surface area contributed by atoms with Gasteiger partial charge in [-0.15, -0.1) is 0 Å². The van der Waals surface area contributed by atoms with Gasteiger partial charge in [0.15, 0.2) is 0 Å². The molecule has 0 aromatic heterocycles. The van der Waals surface area contributed by atoms with Gasteiger partial charge in [-0.3, -0.25) is 4.90 Å². The van der Waals surface area contributed by atoms with Crippen molar-refractivity contribution < 1.29 is 5.11 Å². The number of rotatable bonds is 5. The first kappa shape index (κ1) is 14.2. The molecule has 2 heteroatoms. The Morgan fingerprint density at radius 1 is 1.35 bits per heavy atom. The van der Waals surface area contributed by atoms with Gasteiger partial charge < -0.3 is 5.11 Å². The van der Waals surface area contributed by atoms with Gasteiger partial charge in [0.2, 0.25) is 0 Å². The highest BCUT2D eigenvalue weighted by Crippen LogP contribution is 2.18. The summed E-state index contributed by atoms with van der Waals surface area (Å²) >= 11 is 0. The summed E-state index contributed by atoms with van der Waals surface area (Å²) in [6, 6.07) is 8.51. The average Bonchev–Trinajstić information content (AvgIpc) is 2.15. The SMILES string of the molecule is Cc1cccc(CN(C)CC(C)(O)C(C)C)c1. The van der Waals surface area contributed by atoms with Gasteiger partial charge in [0, 0.05) is 13.1 Å². The lowest BCUT2D eigenvalue weighted by Crippen LogP contribution is -2.42. The summed E-state index contributed by atoms with van der Waals surface area (Å²) in [4.78, 5) is 2.18. The lowest BCUT2D eigenvalue weighted by atomic mass is 9.92. The molecule has 1 rings (SSSR count). The van der Waals surface area contributed by atoms with Gasteiger partial charge in [0.25, 0.3) is 0 Å². The van der Waals surface area contributed by atoms with Crippen molar-refractivity contribution in [3.05, 3.63) is 35.4 Å². The molecule has 0 bridgehead atoms. The Hall–Kier alpha value is -0.860. The maximum atomic E-state index is 10.3. The van der Waals surface area contributed by atoms with Crippen molar-refractivity contribution >= 4 is 0 Å². The molecule has 0 saturated heterocycles. The van der Waals surface area contributed by atoms with Crippen LogP contribution in [0.25, 0.3) is 0 Å². The lowest BCUT2D eigenvalue weighted by Gasteiger charge is -2.32. The number of benzene rings is 1. The second-order valence-electron chi connectivity index (χ2n) is 5.67. The fourth-order valence-electron chi connectivity index (χ4n) is 1.91. The molecule has 0 fully saturated rings. The number of aliphatic hydroxyl groups is 1. The van der Waals surface area contributed by atoms with Gasteiger partial charge in [-0.2, -0.15) is 0 Å². The van der Waals surface area contributed by atoms with Crippen molar-refractivity contribution in [2.24, 2.45) is 5.92 Å². The molecule has 0 spiro atoms. The van der Waals surface area contributed by atoms with Crippen LogP contribution in [0.4, 0.5) is 0 Å². The summed E-state index contributed by atoms with van der Waals surface area (Å²) in [7, 11) is 2.05. The van der Waals surface area contributed by atoms with Crippen molar-refractivity contribution in [2.45, 2.75) is 39.8 Å². The Balaban J connectivity index is 2.58. The van der Waals surface area contributed by atoms with E-state index in [1.165, 1.54) is 11.1 Å². The van der Waals surface area contributed by atoms with Gasteiger partial charge in [-0.1, -0.05) is 43.7 Å². The van der Waals surface area contributed by atoms with E-state index in [-0.39, 0.29) is 5.92 Å². The molecule has 0 radical (unpaired) electrons. The van der Waals surface area contributed by atoms with Crippen LogP contribution in [0.2, 0.25) is 0 Å². The molecule has 0 amide bonds. The number of hydrogen-bond acceptors (Lipinski definition) is 2. The second kappa shape index (κ2) is 5.65. The van der Waals surface area contributed by atoms with Crippen LogP contribution in [0.15, 0.2) is 24.3 Å². The van der Waals surface area contributed by atoms with Gasteiger partial charge in [-0.25, -0.2) is 0 Å². The van der Waals surface area contributed by atoms with Crippen LogP contribution in [0.1, 0.15) is 31.9 Å². The molecule has 1 aromatic rings. The molecule has 1 atom stereocenters. The van der Waals surface area contributed by atoms with Crippen molar-refractivity contribution in [1.82, 2.24) is 4.90 Å². The molecule has 0 aliphatic carbocycles. The fraction of sp³-hybridized carbons (Fsp3) is 0.600. The van der Waals surface area contributed by atoms with E-state index in [1.54, 1.807) is 0 Å². The number of nitrogens with zero attached hydrogens (tertiary/aromatic N) is 1. The zero-order valence-corrected chi connectivity index (χ0v) is 11.7. The summed E-state index contributed by atoms with van der Waals surface area (Å²) in [5.41, 5.74) is 1.96. The minimum absolute atomic E-state index is 0.266. The van der Waals surface area contributed by atoms with Gasteiger partial charge in [0.1, 0.15) is 0 Å². The molecule has 96 valence electrons. The molecule has 0 aliphatic heterocycles. The summed E-state index contributed by atoms with van der Waals surface area (Å²) in [5, 5.41) is 10.3. The zero-order valence-electron chi connectivity index (χ0n) is 11.7. The summed E-state index contributed by atoms with van der Waals surface area (Å²) in [6.45, 7) is 9.70. The Bertz CT molecular complexity index is 358. The zero-order chi connectivity index (χ0) is 13.1. The summed E-state index contributed by atoms with van der Waals surface area (Å²) < 4.78 is 0. The highest BCUT2D eigenvalue weighted by atomic mass is 16.3. The molecule has 2 nitrogen and oxygen atoms in total.